The quantitative estimate of drug-likeness (QED) is 0.667. The molecule has 0 aliphatic carbocycles. The molecule has 1 aromatic carbocycles. The van der Waals surface area contributed by atoms with E-state index in [1.165, 1.54) is 18.3 Å². The molecule has 0 fully saturated rings. The van der Waals surface area contributed by atoms with E-state index >= 15 is 0 Å². The Bertz CT molecular complexity index is 901. The predicted octanol–water partition coefficient (Wildman–Crippen LogP) is 3.75. The first-order valence-corrected chi connectivity index (χ1v) is 10.4. The number of hydrogen-bond acceptors (Lipinski definition) is 4. The van der Waals surface area contributed by atoms with Crippen LogP contribution in [-0.4, -0.2) is 27.0 Å². The highest BCUT2D eigenvalue weighted by molar-refractivity contribution is 7.85. The Labute approximate surface area is 169 Å². The van der Waals surface area contributed by atoms with Crippen molar-refractivity contribution >= 4 is 45.6 Å². The maximum atomic E-state index is 12.5. The summed E-state index contributed by atoms with van der Waals surface area (Å²) in [5, 5.41) is 2.55. The summed E-state index contributed by atoms with van der Waals surface area (Å²) in [7, 11) is -1.55. The van der Waals surface area contributed by atoms with Crippen LogP contribution < -0.4 is 15.5 Å². The second-order valence-corrected chi connectivity index (χ2v) is 8.42. The molecule has 0 saturated heterocycles. The van der Waals surface area contributed by atoms with E-state index in [1.807, 2.05) is 6.92 Å². The van der Waals surface area contributed by atoms with E-state index in [9.17, 15) is 13.8 Å². The van der Waals surface area contributed by atoms with Gasteiger partial charge in [0.2, 0.25) is 11.3 Å². The van der Waals surface area contributed by atoms with Crippen LogP contribution in [-0.2, 0) is 21.3 Å². The molecule has 0 saturated carbocycles. The lowest BCUT2D eigenvalue weighted by molar-refractivity contribution is -0.115. The number of pyridine rings is 1. The lowest BCUT2D eigenvalue weighted by atomic mass is 10.3. The Kier molecular flexibility index (Phi) is 7.89. The number of amides is 1. The van der Waals surface area contributed by atoms with Crippen LogP contribution in [0.1, 0.15) is 26.0 Å². The molecular formula is C18H20Cl2N2O4S. The fourth-order valence-corrected chi connectivity index (χ4v) is 3.49. The van der Waals surface area contributed by atoms with Crippen molar-refractivity contribution in [2.45, 2.75) is 31.3 Å². The van der Waals surface area contributed by atoms with Gasteiger partial charge in [0.05, 0.1) is 23.1 Å². The summed E-state index contributed by atoms with van der Waals surface area (Å²) in [6.45, 7) is 3.92. The van der Waals surface area contributed by atoms with Gasteiger partial charge < -0.3 is 15.0 Å². The second-order valence-electron chi connectivity index (χ2n) is 5.82. The van der Waals surface area contributed by atoms with Gasteiger partial charge in [0.15, 0.2) is 5.75 Å². The van der Waals surface area contributed by atoms with Gasteiger partial charge in [-0.1, -0.05) is 30.1 Å². The van der Waals surface area contributed by atoms with E-state index in [0.29, 0.717) is 28.0 Å². The third-order valence-corrected chi connectivity index (χ3v) is 5.81. The number of rotatable bonds is 8. The van der Waals surface area contributed by atoms with Crippen molar-refractivity contribution in [1.82, 2.24) is 4.98 Å². The van der Waals surface area contributed by atoms with Gasteiger partial charge in [0, 0.05) is 33.8 Å². The summed E-state index contributed by atoms with van der Waals surface area (Å²) >= 11 is 11.9. The normalized spacial score (nSPS) is 13.0. The Hall–Kier alpha value is -1.83. The number of hydrogen-bond donors (Lipinski definition) is 2. The first-order valence-electron chi connectivity index (χ1n) is 8.29. The molecule has 0 spiro atoms. The van der Waals surface area contributed by atoms with E-state index in [1.54, 1.807) is 19.1 Å². The molecule has 0 radical (unpaired) electrons. The fraction of sp³-hybridized carbons (Fsp3) is 0.333. The van der Waals surface area contributed by atoms with E-state index in [-0.39, 0.29) is 16.9 Å². The van der Waals surface area contributed by atoms with E-state index in [4.69, 9.17) is 27.9 Å². The van der Waals surface area contributed by atoms with Crippen molar-refractivity contribution in [3.63, 3.8) is 0 Å². The lowest BCUT2D eigenvalue weighted by Gasteiger charge is -2.13. The number of aromatic amines is 1. The zero-order valence-electron chi connectivity index (χ0n) is 14.9. The van der Waals surface area contributed by atoms with Crippen molar-refractivity contribution in [3.05, 3.63) is 56.4 Å². The van der Waals surface area contributed by atoms with E-state index in [0.717, 1.165) is 6.42 Å². The summed E-state index contributed by atoms with van der Waals surface area (Å²) in [6, 6.07) is 6.02. The first kappa shape index (κ1) is 21.5. The number of aromatic nitrogens is 1. The number of halogens is 2. The molecule has 1 heterocycles. The van der Waals surface area contributed by atoms with Gasteiger partial charge >= 0.3 is 0 Å². The van der Waals surface area contributed by atoms with Crippen LogP contribution in [0.25, 0.3) is 0 Å². The SMILES string of the molecule is CCCOc1c[nH]c(CS(=O)C(C)C(=O)Nc2cc(Cl)ccc2Cl)cc1=O. The molecule has 2 aromatic rings. The van der Waals surface area contributed by atoms with Crippen LogP contribution in [0.3, 0.4) is 0 Å². The average Bonchev–Trinajstić information content (AvgIpc) is 2.63. The number of benzene rings is 1. The second kappa shape index (κ2) is 9.92. The van der Waals surface area contributed by atoms with Gasteiger partial charge in [-0.15, -0.1) is 0 Å². The molecule has 1 aromatic heterocycles. The van der Waals surface area contributed by atoms with Crippen LogP contribution in [0.15, 0.2) is 35.3 Å². The summed E-state index contributed by atoms with van der Waals surface area (Å²) in [6.07, 6.45) is 2.23. The maximum Gasteiger partial charge on any atom is 0.239 e. The van der Waals surface area contributed by atoms with Crippen molar-refractivity contribution < 1.29 is 13.7 Å². The number of anilines is 1. The van der Waals surface area contributed by atoms with Crippen LogP contribution in [0.2, 0.25) is 10.0 Å². The Morgan fingerprint density at radius 2 is 2.07 bits per heavy atom. The van der Waals surface area contributed by atoms with E-state index in [2.05, 4.69) is 10.3 Å². The minimum Gasteiger partial charge on any atom is -0.488 e. The van der Waals surface area contributed by atoms with Gasteiger partial charge in [0.25, 0.3) is 0 Å². The van der Waals surface area contributed by atoms with Crippen molar-refractivity contribution in [1.29, 1.82) is 0 Å². The number of carbonyl (C=O) groups is 1. The molecule has 2 atom stereocenters. The average molecular weight is 431 g/mol. The van der Waals surface area contributed by atoms with Gasteiger partial charge in [-0.3, -0.25) is 13.8 Å². The van der Waals surface area contributed by atoms with Crippen molar-refractivity contribution in [3.8, 4) is 5.75 Å². The van der Waals surface area contributed by atoms with Gasteiger partial charge in [-0.2, -0.15) is 0 Å². The zero-order chi connectivity index (χ0) is 20.0. The van der Waals surface area contributed by atoms with Gasteiger partial charge in [-0.25, -0.2) is 0 Å². The molecule has 146 valence electrons. The number of carbonyl (C=O) groups excluding carboxylic acids is 1. The molecule has 2 rings (SSSR count). The molecule has 27 heavy (non-hydrogen) atoms. The lowest BCUT2D eigenvalue weighted by Crippen LogP contribution is -2.30. The molecule has 1 amide bonds. The van der Waals surface area contributed by atoms with Crippen molar-refractivity contribution in [2.24, 2.45) is 0 Å². The topological polar surface area (TPSA) is 88.3 Å². The first-order chi connectivity index (χ1) is 12.8. The summed E-state index contributed by atoms with van der Waals surface area (Å²) in [4.78, 5) is 27.2. The summed E-state index contributed by atoms with van der Waals surface area (Å²) in [5.74, 6) is -0.211. The zero-order valence-corrected chi connectivity index (χ0v) is 17.2. The third-order valence-electron chi connectivity index (χ3n) is 3.65. The van der Waals surface area contributed by atoms with Crippen molar-refractivity contribution in [2.75, 3.05) is 11.9 Å². The van der Waals surface area contributed by atoms with Gasteiger partial charge in [0.1, 0.15) is 5.25 Å². The van der Waals surface area contributed by atoms with E-state index < -0.39 is 22.0 Å². The third kappa shape index (κ3) is 6.09. The molecule has 0 aliphatic heterocycles. The Balaban J connectivity index is 2.02. The van der Waals surface area contributed by atoms with Crippen LogP contribution in [0.5, 0.6) is 5.75 Å². The highest BCUT2D eigenvalue weighted by Crippen LogP contribution is 2.25. The Morgan fingerprint density at radius 3 is 2.74 bits per heavy atom. The van der Waals surface area contributed by atoms with Gasteiger partial charge in [-0.05, 0) is 31.5 Å². The smallest absolute Gasteiger partial charge is 0.239 e. The summed E-state index contributed by atoms with van der Waals surface area (Å²) in [5.41, 5.74) is 0.517. The number of ether oxygens (including phenoxy) is 1. The molecular weight excluding hydrogens is 411 g/mol. The molecule has 6 nitrogen and oxygen atoms in total. The fourth-order valence-electron chi connectivity index (χ4n) is 2.13. The minimum absolute atomic E-state index is 0.0289. The number of H-pyrrole nitrogens is 1. The highest BCUT2D eigenvalue weighted by atomic mass is 35.5. The summed E-state index contributed by atoms with van der Waals surface area (Å²) < 4.78 is 17.8. The molecule has 2 unspecified atom stereocenters. The molecule has 0 aliphatic rings. The predicted molar refractivity (Wildman–Crippen MR) is 109 cm³/mol. The molecule has 0 bridgehead atoms. The van der Waals surface area contributed by atoms with Crippen LogP contribution in [0, 0.1) is 0 Å². The van der Waals surface area contributed by atoms with Crippen LogP contribution >= 0.6 is 23.2 Å². The highest BCUT2D eigenvalue weighted by Gasteiger charge is 2.21. The standard InChI is InChI=1S/C18H20Cl2N2O4S/c1-3-6-26-17-9-21-13(8-16(17)23)10-27(25)11(2)18(24)22-15-7-12(19)4-5-14(15)20/h4-5,7-9,11H,3,6,10H2,1-2H3,(H,21,23)(H,22,24). The Morgan fingerprint density at radius 1 is 1.33 bits per heavy atom. The molecule has 9 heteroatoms. The minimum atomic E-state index is -1.55. The van der Waals surface area contributed by atoms with Crippen LogP contribution in [0.4, 0.5) is 5.69 Å². The monoisotopic (exact) mass is 430 g/mol. The maximum absolute atomic E-state index is 12.5. The number of nitrogens with one attached hydrogen (secondary N) is 2. The largest absolute Gasteiger partial charge is 0.488 e. The molecule has 2 N–H and O–H groups in total.